The van der Waals surface area contributed by atoms with Gasteiger partial charge in [0.25, 0.3) is 5.91 Å². The molecule has 2 aromatic rings. The van der Waals surface area contributed by atoms with Crippen molar-refractivity contribution in [2.75, 3.05) is 11.9 Å². The summed E-state index contributed by atoms with van der Waals surface area (Å²) in [6.07, 6.45) is 1.39. The molecular weight excluding hydrogens is 380 g/mol. The van der Waals surface area contributed by atoms with E-state index in [4.69, 9.17) is 11.1 Å². The van der Waals surface area contributed by atoms with E-state index in [1.165, 1.54) is 0 Å². The van der Waals surface area contributed by atoms with Crippen molar-refractivity contribution in [3.05, 3.63) is 65.2 Å². The van der Waals surface area contributed by atoms with Crippen LogP contribution < -0.4 is 16.4 Å². The summed E-state index contributed by atoms with van der Waals surface area (Å²) in [7, 11) is 0. The Bertz CT molecular complexity index is 911. The van der Waals surface area contributed by atoms with Gasteiger partial charge in [-0.1, -0.05) is 51.1 Å². The number of hydrogen-bond donors (Lipinski definition) is 5. The molecule has 0 aliphatic carbocycles. The largest absolute Gasteiger partial charge is 0.481 e. The number of benzene rings is 2. The molecule has 6 N–H and O–H groups in total. The van der Waals surface area contributed by atoms with Crippen molar-refractivity contribution in [3.63, 3.8) is 0 Å². The van der Waals surface area contributed by atoms with Gasteiger partial charge in [-0.25, -0.2) is 0 Å². The molecule has 0 saturated carbocycles. The summed E-state index contributed by atoms with van der Waals surface area (Å²) >= 11 is 0. The summed E-state index contributed by atoms with van der Waals surface area (Å²) < 4.78 is 0. The highest BCUT2D eigenvalue weighted by atomic mass is 16.4. The molecule has 1 amide bonds. The van der Waals surface area contributed by atoms with Crippen molar-refractivity contribution in [2.24, 2.45) is 11.7 Å². The molecule has 0 bridgehead atoms. The number of carboxylic acid groups (broad SMARTS) is 1. The lowest BCUT2D eigenvalue weighted by atomic mass is 9.70. The third-order valence-electron chi connectivity index (χ3n) is 5.78. The Labute approximate surface area is 177 Å². The second-order valence-electron chi connectivity index (χ2n) is 7.65. The van der Waals surface area contributed by atoms with Crippen LogP contribution in [0.4, 0.5) is 5.69 Å². The van der Waals surface area contributed by atoms with Crippen molar-refractivity contribution in [3.8, 4) is 0 Å². The molecule has 7 nitrogen and oxygen atoms in total. The van der Waals surface area contributed by atoms with Gasteiger partial charge >= 0.3 is 5.97 Å². The standard InChI is InChI=1S/C23H30N4O3/c1-4-23(3,15(2)21(29)30)18-10-8-16(9-11-18)12-13-26-20(28)17-6-5-7-19(14-17)27-22(24)25/h5-11,14-15H,4,12-13H2,1-3H3,(H,26,28)(H,29,30)(H4,24,25,27). The number of hydrogen-bond acceptors (Lipinski definition) is 3. The molecule has 0 aliphatic rings. The number of rotatable bonds is 9. The van der Waals surface area contributed by atoms with E-state index in [1.54, 1.807) is 31.2 Å². The maximum absolute atomic E-state index is 12.4. The Morgan fingerprint density at radius 1 is 1.20 bits per heavy atom. The second kappa shape index (κ2) is 9.91. The number of amides is 1. The van der Waals surface area contributed by atoms with Crippen LogP contribution in [0.3, 0.4) is 0 Å². The molecule has 0 heterocycles. The van der Waals surface area contributed by atoms with E-state index in [1.807, 2.05) is 38.1 Å². The maximum atomic E-state index is 12.4. The lowest BCUT2D eigenvalue weighted by Crippen LogP contribution is -2.34. The number of guanidine groups is 1. The van der Waals surface area contributed by atoms with Gasteiger partial charge in [0.05, 0.1) is 5.92 Å². The molecular formula is C23H30N4O3. The van der Waals surface area contributed by atoms with Gasteiger partial charge in [0.15, 0.2) is 5.96 Å². The van der Waals surface area contributed by atoms with Crippen LogP contribution in [0.25, 0.3) is 0 Å². The molecule has 0 saturated heterocycles. The Balaban J connectivity index is 1.96. The van der Waals surface area contributed by atoms with Crippen molar-refractivity contribution in [2.45, 2.75) is 39.0 Å². The topological polar surface area (TPSA) is 128 Å². The van der Waals surface area contributed by atoms with Crippen LogP contribution >= 0.6 is 0 Å². The van der Waals surface area contributed by atoms with Crippen LogP contribution in [-0.2, 0) is 16.6 Å². The van der Waals surface area contributed by atoms with E-state index >= 15 is 0 Å². The van der Waals surface area contributed by atoms with Crippen molar-refractivity contribution >= 4 is 23.5 Å². The van der Waals surface area contributed by atoms with Gasteiger partial charge in [-0.2, -0.15) is 0 Å². The molecule has 0 radical (unpaired) electrons. The van der Waals surface area contributed by atoms with Crippen LogP contribution in [0.5, 0.6) is 0 Å². The van der Waals surface area contributed by atoms with Gasteiger partial charge in [-0.05, 0) is 42.2 Å². The predicted octanol–water partition coefficient (Wildman–Crippen LogP) is 3.35. The van der Waals surface area contributed by atoms with Crippen molar-refractivity contribution in [1.29, 1.82) is 5.41 Å². The summed E-state index contributed by atoms with van der Waals surface area (Å²) in [6, 6.07) is 14.7. The number of nitrogens with two attached hydrogens (primary N) is 1. The molecule has 0 aromatic heterocycles. The fraction of sp³-hybridized carbons (Fsp3) is 0.348. The van der Waals surface area contributed by atoms with Gasteiger partial charge in [0.1, 0.15) is 0 Å². The number of carbonyl (C=O) groups is 2. The summed E-state index contributed by atoms with van der Waals surface area (Å²) in [5.74, 6) is -1.67. The third-order valence-corrected chi connectivity index (χ3v) is 5.78. The minimum absolute atomic E-state index is 0.187. The Hall–Kier alpha value is -3.35. The van der Waals surface area contributed by atoms with Crippen LogP contribution in [0.2, 0.25) is 0 Å². The lowest BCUT2D eigenvalue weighted by molar-refractivity contribution is -0.143. The van der Waals surface area contributed by atoms with E-state index in [0.717, 1.165) is 17.5 Å². The van der Waals surface area contributed by atoms with E-state index in [-0.39, 0.29) is 11.9 Å². The zero-order valence-electron chi connectivity index (χ0n) is 17.7. The van der Waals surface area contributed by atoms with E-state index in [2.05, 4.69) is 10.6 Å². The van der Waals surface area contributed by atoms with Gasteiger partial charge in [0, 0.05) is 23.2 Å². The quantitative estimate of drug-likeness (QED) is 0.320. The zero-order valence-corrected chi connectivity index (χ0v) is 17.7. The van der Waals surface area contributed by atoms with Gasteiger partial charge < -0.3 is 21.5 Å². The smallest absolute Gasteiger partial charge is 0.307 e. The van der Waals surface area contributed by atoms with Gasteiger partial charge in [-0.3, -0.25) is 15.0 Å². The Kier molecular flexibility index (Phi) is 7.58. The normalized spacial score (nSPS) is 13.7. The van der Waals surface area contributed by atoms with Crippen LogP contribution in [-0.4, -0.2) is 29.5 Å². The molecule has 0 spiro atoms. The summed E-state index contributed by atoms with van der Waals surface area (Å²) in [6.45, 7) is 6.20. The van der Waals surface area contributed by atoms with E-state index in [0.29, 0.717) is 24.2 Å². The Morgan fingerprint density at radius 2 is 1.87 bits per heavy atom. The second-order valence-corrected chi connectivity index (χ2v) is 7.65. The fourth-order valence-corrected chi connectivity index (χ4v) is 3.40. The highest BCUT2D eigenvalue weighted by Crippen LogP contribution is 2.35. The first kappa shape index (κ1) is 22.9. The van der Waals surface area contributed by atoms with Gasteiger partial charge in [-0.15, -0.1) is 0 Å². The first-order valence-corrected chi connectivity index (χ1v) is 9.99. The fourth-order valence-electron chi connectivity index (χ4n) is 3.40. The molecule has 2 atom stereocenters. The Morgan fingerprint density at radius 3 is 2.43 bits per heavy atom. The number of aliphatic carboxylic acids is 1. The first-order valence-electron chi connectivity index (χ1n) is 9.99. The maximum Gasteiger partial charge on any atom is 0.307 e. The molecule has 2 unspecified atom stereocenters. The molecule has 0 fully saturated rings. The lowest BCUT2D eigenvalue weighted by Gasteiger charge is -2.33. The highest BCUT2D eigenvalue weighted by molar-refractivity contribution is 5.96. The van der Waals surface area contributed by atoms with Crippen molar-refractivity contribution in [1.82, 2.24) is 5.32 Å². The zero-order chi connectivity index (χ0) is 22.3. The van der Waals surface area contributed by atoms with Crippen LogP contribution in [0.1, 0.15) is 48.7 Å². The van der Waals surface area contributed by atoms with Crippen LogP contribution in [0, 0.1) is 11.3 Å². The minimum Gasteiger partial charge on any atom is -0.481 e. The molecule has 2 aromatic carbocycles. The molecule has 160 valence electrons. The number of anilines is 1. The molecule has 30 heavy (non-hydrogen) atoms. The number of nitrogens with one attached hydrogen (secondary N) is 3. The average molecular weight is 411 g/mol. The molecule has 2 rings (SSSR count). The number of carbonyl (C=O) groups excluding carboxylic acids is 1. The molecule has 7 heteroatoms. The van der Waals surface area contributed by atoms with Crippen molar-refractivity contribution < 1.29 is 14.7 Å². The summed E-state index contributed by atoms with van der Waals surface area (Å²) in [5.41, 5.74) is 8.01. The first-order chi connectivity index (χ1) is 14.2. The minimum atomic E-state index is -0.797. The summed E-state index contributed by atoms with van der Waals surface area (Å²) in [5, 5.41) is 22.2. The summed E-state index contributed by atoms with van der Waals surface area (Å²) in [4.78, 5) is 23.8. The average Bonchev–Trinajstić information content (AvgIpc) is 2.72. The van der Waals surface area contributed by atoms with Gasteiger partial charge in [0.2, 0.25) is 0 Å². The van der Waals surface area contributed by atoms with E-state index in [9.17, 15) is 14.7 Å². The van der Waals surface area contributed by atoms with Crippen LogP contribution in [0.15, 0.2) is 48.5 Å². The number of carboxylic acids is 1. The van der Waals surface area contributed by atoms with E-state index < -0.39 is 17.3 Å². The highest BCUT2D eigenvalue weighted by Gasteiger charge is 2.35. The SMILES string of the molecule is CCC(C)(c1ccc(CCNC(=O)c2cccc(NC(=N)N)c2)cc1)C(C)C(=O)O. The monoisotopic (exact) mass is 410 g/mol. The molecule has 0 aliphatic heterocycles. The third kappa shape index (κ3) is 5.59. The predicted molar refractivity (Wildman–Crippen MR) is 119 cm³/mol.